The summed E-state index contributed by atoms with van der Waals surface area (Å²) in [5.41, 5.74) is 0. The molecule has 0 saturated carbocycles. The molecule has 0 fully saturated rings. The number of carbonyl (C=O) groups is 2. The fraction of sp³-hybridized carbons (Fsp3) is 0.829. The molecule has 0 aliphatic rings. The van der Waals surface area contributed by atoms with Crippen molar-refractivity contribution in [3.8, 4) is 0 Å². The highest BCUT2D eigenvalue weighted by Crippen LogP contribution is 2.18. The number of ether oxygens (including phenoxy) is 1. The van der Waals surface area contributed by atoms with E-state index < -0.39 is 17.9 Å². The van der Waals surface area contributed by atoms with Crippen molar-refractivity contribution in [1.29, 1.82) is 0 Å². The first-order valence-electron chi connectivity index (χ1n) is 16.8. The molecule has 0 saturated heterocycles. The molecule has 0 bridgehead atoms. The molecule has 4 heteroatoms. The molecule has 0 amide bonds. The summed E-state index contributed by atoms with van der Waals surface area (Å²) in [6, 6.07) is 0. The second-order valence-electron chi connectivity index (χ2n) is 11.5. The lowest BCUT2D eigenvalue weighted by atomic mass is 9.97. The molecule has 0 rings (SSSR count). The largest absolute Gasteiger partial charge is 0.481 e. The smallest absolute Gasteiger partial charge is 0.309 e. The van der Waals surface area contributed by atoms with Crippen LogP contribution in [-0.2, 0) is 14.3 Å². The first-order valence-corrected chi connectivity index (χ1v) is 16.8. The molecule has 39 heavy (non-hydrogen) atoms. The van der Waals surface area contributed by atoms with Gasteiger partial charge in [0.15, 0.2) is 0 Å². The monoisotopic (exact) mass is 548 g/mol. The van der Waals surface area contributed by atoms with E-state index >= 15 is 0 Å². The van der Waals surface area contributed by atoms with Gasteiger partial charge < -0.3 is 9.84 Å². The second-order valence-corrected chi connectivity index (χ2v) is 11.5. The standard InChI is InChI=1S/C35H64O4/c1-3-5-6-7-8-9-10-11-12-13-14-15-16-17-18-19-20-21-22-23-24-25-26-27-28-29-30-33(32-34(36)37)35(38)39-31-4-2/h4,8-9,33H,2-3,5-7,10-32H2,1H3,(H,36,37)/b9-8+. The van der Waals surface area contributed by atoms with Crippen molar-refractivity contribution < 1.29 is 19.4 Å². The van der Waals surface area contributed by atoms with Crippen molar-refractivity contribution >= 4 is 11.9 Å². The minimum absolute atomic E-state index is 0.145. The summed E-state index contributed by atoms with van der Waals surface area (Å²) in [6.07, 6.45) is 38.6. The Hall–Kier alpha value is -1.58. The average molecular weight is 549 g/mol. The Bertz CT molecular complexity index is 583. The van der Waals surface area contributed by atoms with Gasteiger partial charge in [-0.3, -0.25) is 9.59 Å². The van der Waals surface area contributed by atoms with Gasteiger partial charge in [0.2, 0.25) is 0 Å². The SMILES string of the molecule is C=CCOC(=O)C(CCCCCCCCCCCCCCCCCCCCC/C=C/CCCCC)CC(=O)O. The molecule has 0 spiro atoms. The second kappa shape index (κ2) is 31.0. The molecule has 1 atom stereocenters. The van der Waals surface area contributed by atoms with Crippen LogP contribution in [0.2, 0.25) is 0 Å². The van der Waals surface area contributed by atoms with E-state index in [1.165, 1.54) is 141 Å². The number of esters is 1. The van der Waals surface area contributed by atoms with Gasteiger partial charge in [0.25, 0.3) is 0 Å². The number of carboxylic acids is 1. The lowest BCUT2D eigenvalue weighted by Crippen LogP contribution is -2.21. The third-order valence-corrected chi connectivity index (χ3v) is 7.66. The minimum Gasteiger partial charge on any atom is -0.481 e. The fourth-order valence-corrected chi connectivity index (χ4v) is 5.18. The lowest BCUT2D eigenvalue weighted by Gasteiger charge is -2.13. The quantitative estimate of drug-likeness (QED) is 0.0531. The number of carboxylic acid groups (broad SMARTS) is 1. The summed E-state index contributed by atoms with van der Waals surface area (Å²) in [7, 11) is 0. The van der Waals surface area contributed by atoms with Crippen LogP contribution in [0.25, 0.3) is 0 Å². The highest BCUT2D eigenvalue weighted by atomic mass is 16.5. The van der Waals surface area contributed by atoms with E-state index in [9.17, 15) is 9.59 Å². The van der Waals surface area contributed by atoms with Crippen molar-refractivity contribution in [1.82, 2.24) is 0 Å². The molecule has 0 aromatic rings. The molecule has 0 radical (unpaired) electrons. The van der Waals surface area contributed by atoms with Gasteiger partial charge in [-0.2, -0.15) is 0 Å². The number of unbranched alkanes of at least 4 members (excludes halogenated alkanes) is 22. The molecular weight excluding hydrogens is 484 g/mol. The topological polar surface area (TPSA) is 63.6 Å². The number of aliphatic carboxylic acids is 1. The average Bonchev–Trinajstić information content (AvgIpc) is 2.92. The van der Waals surface area contributed by atoms with Gasteiger partial charge >= 0.3 is 11.9 Å². The molecule has 0 heterocycles. The van der Waals surface area contributed by atoms with Crippen LogP contribution in [0, 0.1) is 5.92 Å². The van der Waals surface area contributed by atoms with E-state index in [0.717, 1.165) is 19.3 Å². The highest BCUT2D eigenvalue weighted by Gasteiger charge is 2.22. The Morgan fingerprint density at radius 2 is 1.03 bits per heavy atom. The van der Waals surface area contributed by atoms with Crippen LogP contribution in [0.1, 0.15) is 174 Å². The van der Waals surface area contributed by atoms with Crippen LogP contribution in [0.3, 0.4) is 0 Å². The summed E-state index contributed by atoms with van der Waals surface area (Å²) in [4.78, 5) is 23.0. The van der Waals surface area contributed by atoms with Crippen LogP contribution < -0.4 is 0 Å². The van der Waals surface area contributed by atoms with Crippen molar-refractivity contribution in [2.45, 2.75) is 174 Å². The van der Waals surface area contributed by atoms with Gasteiger partial charge in [-0.05, 0) is 32.1 Å². The Labute approximate surface area is 242 Å². The maximum absolute atomic E-state index is 12.0. The zero-order valence-electron chi connectivity index (χ0n) is 25.8. The number of allylic oxidation sites excluding steroid dienone is 2. The molecule has 4 nitrogen and oxygen atoms in total. The third-order valence-electron chi connectivity index (χ3n) is 7.66. The molecule has 1 unspecified atom stereocenters. The summed E-state index contributed by atoms with van der Waals surface area (Å²) in [5, 5.41) is 9.03. The summed E-state index contributed by atoms with van der Waals surface area (Å²) < 4.78 is 5.04. The molecular formula is C35H64O4. The van der Waals surface area contributed by atoms with Crippen LogP contribution >= 0.6 is 0 Å². The van der Waals surface area contributed by atoms with Gasteiger partial charge in [-0.1, -0.05) is 160 Å². The van der Waals surface area contributed by atoms with Gasteiger partial charge in [-0.15, -0.1) is 0 Å². The van der Waals surface area contributed by atoms with E-state index in [0.29, 0.717) is 6.42 Å². The van der Waals surface area contributed by atoms with Crippen LogP contribution in [0.4, 0.5) is 0 Å². The molecule has 1 N–H and O–H groups in total. The zero-order valence-corrected chi connectivity index (χ0v) is 25.8. The van der Waals surface area contributed by atoms with Gasteiger partial charge in [0, 0.05) is 0 Å². The third kappa shape index (κ3) is 29.2. The first-order chi connectivity index (χ1) is 19.1. The fourth-order valence-electron chi connectivity index (χ4n) is 5.18. The number of hydrogen-bond donors (Lipinski definition) is 1. The highest BCUT2D eigenvalue weighted by molar-refractivity contribution is 5.79. The summed E-state index contributed by atoms with van der Waals surface area (Å²) in [5.74, 6) is -1.88. The summed E-state index contributed by atoms with van der Waals surface area (Å²) >= 11 is 0. The van der Waals surface area contributed by atoms with E-state index in [4.69, 9.17) is 9.84 Å². The van der Waals surface area contributed by atoms with Gasteiger partial charge in [0.1, 0.15) is 6.61 Å². The van der Waals surface area contributed by atoms with E-state index in [-0.39, 0.29) is 13.0 Å². The van der Waals surface area contributed by atoms with E-state index in [1.54, 1.807) is 0 Å². The predicted octanol–water partition coefficient (Wildman–Crippen LogP) is 11.1. The van der Waals surface area contributed by atoms with Crippen molar-refractivity contribution in [2.24, 2.45) is 5.92 Å². The maximum atomic E-state index is 12.0. The van der Waals surface area contributed by atoms with Gasteiger partial charge in [0.05, 0.1) is 12.3 Å². The van der Waals surface area contributed by atoms with Crippen molar-refractivity contribution in [2.75, 3.05) is 6.61 Å². The Kier molecular flexibility index (Phi) is 29.7. The first kappa shape index (κ1) is 37.4. The Morgan fingerprint density at radius 3 is 1.41 bits per heavy atom. The Morgan fingerprint density at radius 1 is 0.641 bits per heavy atom. The van der Waals surface area contributed by atoms with Gasteiger partial charge in [-0.25, -0.2) is 0 Å². The Balaban J connectivity index is 3.33. The molecule has 0 aliphatic heterocycles. The number of hydrogen-bond acceptors (Lipinski definition) is 3. The molecule has 0 aliphatic carbocycles. The summed E-state index contributed by atoms with van der Waals surface area (Å²) in [6.45, 7) is 5.94. The van der Waals surface area contributed by atoms with Crippen LogP contribution in [0.15, 0.2) is 24.8 Å². The van der Waals surface area contributed by atoms with Crippen molar-refractivity contribution in [3.05, 3.63) is 24.8 Å². The minimum atomic E-state index is -0.941. The normalized spacial score (nSPS) is 12.1. The predicted molar refractivity (Wildman–Crippen MR) is 167 cm³/mol. The van der Waals surface area contributed by atoms with Crippen LogP contribution in [0.5, 0.6) is 0 Å². The molecule has 0 aromatic heterocycles. The van der Waals surface area contributed by atoms with E-state index in [1.807, 2.05) is 0 Å². The van der Waals surface area contributed by atoms with E-state index in [2.05, 4.69) is 25.7 Å². The molecule has 228 valence electrons. The molecule has 0 aromatic carbocycles. The van der Waals surface area contributed by atoms with Crippen molar-refractivity contribution in [3.63, 3.8) is 0 Å². The number of rotatable bonds is 31. The van der Waals surface area contributed by atoms with Crippen LogP contribution in [-0.4, -0.2) is 23.7 Å². The maximum Gasteiger partial charge on any atom is 0.309 e. The zero-order chi connectivity index (χ0) is 28.7. The lowest BCUT2D eigenvalue weighted by molar-refractivity contribution is -0.152. The number of carbonyl (C=O) groups excluding carboxylic acids is 1.